The molecule has 9 nitrogen and oxygen atoms in total. The maximum Gasteiger partial charge on any atom is 0.269 e. The lowest BCUT2D eigenvalue weighted by Crippen LogP contribution is -2.41. The minimum atomic E-state index is -0.603. The molecule has 2 aromatic carbocycles. The van der Waals surface area contributed by atoms with Gasteiger partial charge in [0.15, 0.2) is 11.5 Å². The van der Waals surface area contributed by atoms with Gasteiger partial charge in [-0.25, -0.2) is 0 Å². The molecule has 0 atom stereocenters. The van der Waals surface area contributed by atoms with Gasteiger partial charge < -0.3 is 9.47 Å². The Kier molecular flexibility index (Phi) is 6.70. The molecule has 0 aliphatic heterocycles. The highest BCUT2D eigenvalue weighted by atomic mass is 16.6. The van der Waals surface area contributed by atoms with Gasteiger partial charge in [-0.05, 0) is 44.2 Å². The number of carbonyl (C=O) groups is 2. The van der Waals surface area contributed by atoms with Gasteiger partial charge in [0.05, 0.1) is 18.1 Å². The molecule has 0 bridgehead atoms. The van der Waals surface area contributed by atoms with Crippen LogP contribution in [0.5, 0.6) is 11.5 Å². The summed E-state index contributed by atoms with van der Waals surface area (Å²) in [6, 6.07) is 9.67. The number of hydrogen-bond acceptors (Lipinski definition) is 6. The van der Waals surface area contributed by atoms with E-state index in [0.29, 0.717) is 24.7 Å². The van der Waals surface area contributed by atoms with Crippen LogP contribution in [0.25, 0.3) is 0 Å². The topological polar surface area (TPSA) is 120 Å². The van der Waals surface area contributed by atoms with Crippen LogP contribution in [0.4, 0.5) is 5.69 Å². The number of nitro groups is 1. The van der Waals surface area contributed by atoms with Gasteiger partial charge in [0.25, 0.3) is 17.5 Å². The first-order valence-corrected chi connectivity index (χ1v) is 8.21. The van der Waals surface area contributed by atoms with E-state index in [9.17, 15) is 19.7 Å². The van der Waals surface area contributed by atoms with Crippen molar-refractivity contribution >= 4 is 17.5 Å². The maximum absolute atomic E-state index is 12.2. The van der Waals surface area contributed by atoms with E-state index in [0.717, 1.165) is 0 Å². The summed E-state index contributed by atoms with van der Waals surface area (Å²) in [6.45, 7) is 4.51. The van der Waals surface area contributed by atoms with Crippen molar-refractivity contribution in [2.24, 2.45) is 0 Å². The molecule has 2 amide bonds. The number of carbonyl (C=O) groups excluding carboxylic acids is 2. The number of amides is 2. The van der Waals surface area contributed by atoms with E-state index in [2.05, 4.69) is 10.9 Å². The fourth-order valence-corrected chi connectivity index (χ4v) is 2.18. The van der Waals surface area contributed by atoms with Gasteiger partial charge in [-0.2, -0.15) is 0 Å². The van der Waals surface area contributed by atoms with Crippen molar-refractivity contribution in [2.45, 2.75) is 13.8 Å². The molecule has 0 radical (unpaired) electrons. The summed E-state index contributed by atoms with van der Waals surface area (Å²) >= 11 is 0. The van der Waals surface area contributed by atoms with Crippen LogP contribution in [0.2, 0.25) is 0 Å². The molecule has 0 saturated heterocycles. The fraction of sp³-hybridized carbons (Fsp3) is 0.222. The smallest absolute Gasteiger partial charge is 0.269 e. The highest BCUT2D eigenvalue weighted by molar-refractivity contribution is 5.99. The second kappa shape index (κ2) is 9.18. The van der Waals surface area contributed by atoms with E-state index in [1.807, 2.05) is 13.8 Å². The molecule has 0 aliphatic rings. The number of hydrogen-bond donors (Lipinski definition) is 2. The highest BCUT2D eigenvalue weighted by Gasteiger charge is 2.14. The predicted molar refractivity (Wildman–Crippen MR) is 96.8 cm³/mol. The first-order chi connectivity index (χ1) is 13.0. The second-order valence-electron chi connectivity index (χ2n) is 5.24. The zero-order valence-corrected chi connectivity index (χ0v) is 14.9. The zero-order valence-electron chi connectivity index (χ0n) is 14.9. The number of nitro benzene ring substituents is 1. The molecule has 142 valence electrons. The van der Waals surface area contributed by atoms with Gasteiger partial charge in [-0.1, -0.05) is 0 Å². The molecule has 0 aliphatic carbocycles. The lowest BCUT2D eigenvalue weighted by molar-refractivity contribution is -0.384. The van der Waals surface area contributed by atoms with Gasteiger partial charge in [-0.3, -0.25) is 30.6 Å². The molecule has 2 rings (SSSR count). The van der Waals surface area contributed by atoms with E-state index < -0.39 is 16.7 Å². The van der Waals surface area contributed by atoms with Crippen molar-refractivity contribution in [3.05, 3.63) is 63.7 Å². The Morgan fingerprint density at radius 1 is 0.889 bits per heavy atom. The van der Waals surface area contributed by atoms with Gasteiger partial charge >= 0.3 is 0 Å². The van der Waals surface area contributed by atoms with Gasteiger partial charge in [0.2, 0.25) is 0 Å². The zero-order chi connectivity index (χ0) is 19.8. The molecule has 0 spiro atoms. The fourth-order valence-electron chi connectivity index (χ4n) is 2.18. The normalized spacial score (nSPS) is 10.0. The molecule has 27 heavy (non-hydrogen) atoms. The number of rotatable bonds is 7. The number of nitrogens with one attached hydrogen (secondary N) is 2. The number of nitrogens with zero attached hydrogens (tertiary/aromatic N) is 1. The average molecular weight is 373 g/mol. The minimum absolute atomic E-state index is 0.131. The van der Waals surface area contributed by atoms with E-state index in [1.165, 1.54) is 30.3 Å². The molecular weight excluding hydrogens is 354 g/mol. The van der Waals surface area contributed by atoms with Crippen molar-refractivity contribution < 1.29 is 24.0 Å². The van der Waals surface area contributed by atoms with Crippen LogP contribution >= 0.6 is 0 Å². The maximum atomic E-state index is 12.2. The summed E-state index contributed by atoms with van der Waals surface area (Å²) in [4.78, 5) is 34.3. The van der Waals surface area contributed by atoms with Crippen LogP contribution in [0.3, 0.4) is 0 Å². The van der Waals surface area contributed by atoms with E-state index in [-0.39, 0.29) is 16.8 Å². The van der Waals surface area contributed by atoms with Crippen molar-refractivity contribution in [1.29, 1.82) is 0 Å². The van der Waals surface area contributed by atoms with Crippen LogP contribution in [0.1, 0.15) is 34.6 Å². The summed E-state index contributed by atoms with van der Waals surface area (Å²) in [5, 5.41) is 10.6. The standard InChI is InChI=1S/C18H19N3O6/c1-3-26-15-10-7-13(11-16(15)27-4-2)18(23)20-19-17(22)12-5-8-14(9-6-12)21(24)25/h5-11H,3-4H2,1-2H3,(H,19,22)(H,20,23). The largest absolute Gasteiger partial charge is 0.490 e. The van der Waals surface area contributed by atoms with E-state index >= 15 is 0 Å². The predicted octanol–water partition coefficient (Wildman–Crippen LogP) is 2.47. The Balaban J connectivity index is 2.03. The number of ether oxygens (including phenoxy) is 2. The van der Waals surface area contributed by atoms with Crippen LogP contribution in [-0.4, -0.2) is 30.0 Å². The van der Waals surface area contributed by atoms with Gasteiger partial charge in [-0.15, -0.1) is 0 Å². The molecule has 0 unspecified atom stereocenters. The summed E-state index contributed by atoms with van der Waals surface area (Å²) in [5.74, 6) is -0.206. The summed E-state index contributed by atoms with van der Waals surface area (Å²) < 4.78 is 10.9. The Morgan fingerprint density at radius 3 is 1.96 bits per heavy atom. The van der Waals surface area contributed by atoms with Crippen LogP contribution in [0.15, 0.2) is 42.5 Å². The van der Waals surface area contributed by atoms with Crippen molar-refractivity contribution in [2.75, 3.05) is 13.2 Å². The Hall–Kier alpha value is -3.62. The van der Waals surface area contributed by atoms with Crippen molar-refractivity contribution in [3.8, 4) is 11.5 Å². The third-order valence-electron chi connectivity index (χ3n) is 3.44. The van der Waals surface area contributed by atoms with Crippen molar-refractivity contribution in [3.63, 3.8) is 0 Å². The molecular formula is C18H19N3O6. The van der Waals surface area contributed by atoms with Crippen LogP contribution in [0, 0.1) is 10.1 Å². The number of benzene rings is 2. The second-order valence-corrected chi connectivity index (χ2v) is 5.24. The monoisotopic (exact) mass is 373 g/mol. The molecule has 0 aromatic heterocycles. The molecule has 9 heteroatoms. The SMILES string of the molecule is CCOc1ccc(C(=O)NNC(=O)c2ccc([N+](=O)[O-])cc2)cc1OCC. The molecule has 2 N–H and O–H groups in total. The number of hydrazine groups is 1. The quantitative estimate of drug-likeness (QED) is 0.568. The molecule has 0 fully saturated rings. The van der Waals surface area contributed by atoms with E-state index in [1.54, 1.807) is 12.1 Å². The minimum Gasteiger partial charge on any atom is -0.490 e. The summed E-state index contributed by atoms with van der Waals surface area (Å²) in [6.07, 6.45) is 0. The Morgan fingerprint density at radius 2 is 1.41 bits per heavy atom. The summed E-state index contributed by atoms with van der Waals surface area (Å²) in [7, 11) is 0. The van der Waals surface area contributed by atoms with Crippen LogP contribution in [-0.2, 0) is 0 Å². The van der Waals surface area contributed by atoms with Crippen LogP contribution < -0.4 is 20.3 Å². The molecule has 2 aromatic rings. The average Bonchev–Trinajstić information content (AvgIpc) is 2.67. The summed E-state index contributed by atoms with van der Waals surface area (Å²) in [5.41, 5.74) is 4.85. The first-order valence-electron chi connectivity index (χ1n) is 8.21. The molecule has 0 saturated carbocycles. The lowest BCUT2D eigenvalue weighted by Gasteiger charge is -2.13. The lowest BCUT2D eigenvalue weighted by atomic mass is 10.2. The third-order valence-corrected chi connectivity index (χ3v) is 3.44. The Bertz CT molecular complexity index is 835. The first kappa shape index (κ1) is 19.7. The highest BCUT2D eigenvalue weighted by Crippen LogP contribution is 2.28. The van der Waals surface area contributed by atoms with Crippen molar-refractivity contribution in [1.82, 2.24) is 10.9 Å². The molecule has 0 heterocycles. The van der Waals surface area contributed by atoms with Gasteiger partial charge in [0.1, 0.15) is 0 Å². The Labute approximate surface area is 155 Å². The third kappa shape index (κ3) is 5.18. The van der Waals surface area contributed by atoms with Gasteiger partial charge in [0, 0.05) is 23.3 Å². The number of non-ortho nitro benzene ring substituents is 1. The van der Waals surface area contributed by atoms with E-state index in [4.69, 9.17) is 9.47 Å².